The van der Waals surface area contributed by atoms with Crippen molar-refractivity contribution in [2.45, 2.75) is 24.8 Å². The van der Waals surface area contributed by atoms with Crippen LogP contribution in [0.3, 0.4) is 0 Å². The van der Waals surface area contributed by atoms with Crippen molar-refractivity contribution in [3.8, 4) is 17.2 Å². The van der Waals surface area contributed by atoms with Crippen molar-refractivity contribution in [1.29, 1.82) is 0 Å². The predicted octanol–water partition coefficient (Wildman–Crippen LogP) is 3.35. The van der Waals surface area contributed by atoms with Crippen LogP contribution in [0.1, 0.15) is 28.8 Å². The Labute approximate surface area is 252 Å². The number of nitrogens with zero attached hydrogens (tertiary/aromatic N) is 3. The van der Waals surface area contributed by atoms with E-state index in [0.717, 1.165) is 17.0 Å². The molecule has 0 aliphatic carbocycles. The van der Waals surface area contributed by atoms with Gasteiger partial charge in [-0.15, -0.1) is 0 Å². The van der Waals surface area contributed by atoms with Crippen LogP contribution in [0.2, 0.25) is 0 Å². The molecule has 3 aromatic rings. The van der Waals surface area contributed by atoms with Gasteiger partial charge < -0.3 is 34.2 Å². The molecule has 226 valence electrons. The van der Waals surface area contributed by atoms with Crippen molar-refractivity contribution < 1.29 is 28.6 Å². The first-order chi connectivity index (χ1) is 20.9. The molecular weight excluding hydrogens is 548 g/mol. The molecule has 10 nitrogen and oxygen atoms in total. The van der Waals surface area contributed by atoms with E-state index in [-0.39, 0.29) is 24.3 Å². The van der Waals surface area contributed by atoms with E-state index in [1.54, 1.807) is 49.3 Å². The second-order valence-electron chi connectivity index (χ2n) is 10.7. The van der Waals surface area contributed by atoms with Crippen molar-refractivity contribution in [2.75, 3.05) is 59.1 Å². The Bertz CT molecular complexity index is 1430. The number of likely N-dealkylation sites (tertiary alicyclic amines) is 1. The number of hydrogen-bond donors (Lipinski definition) is 1. The highest BCUT2D eigenvalue weighted by atomic mass is 16.5. The Morgan fingerprint density at radius 2 is 1.51 bits per heavy atom. The number of hydrogen-bond acceptors (Lipinski definition) is 7. The van der Waals surface area contributed by atoms with Gasteiger partial charge in [-0.1, -0.05) is 36.4 Å². The number of carbonyl (C=O) groups excluding carboxylic acids is 3. The first kappa shape index (κ1) is 29.8. The van der Waals surface area contributed by atoms with Gasteiger partial charge in [-0.05, 0) is 55.2 Å². The lowest BCUT2D eigenvalue weighted by Crippen LogP contribution is -2.57. The van der Waals surface area contributed by atoms with Gasteiger partial charge in [-0.25, -0.2) is 0 Å². The molecule has 0 aromatic heterocycles. The van der Waals surface area contributed by atoms with Crippen molar-refractivity contribution in [3.63, 3.8) is 0 Å². The largest absolute Gasteiger partial charge is 0.497 e. The van der Waals surface area contributed by atoms with Crippen LogP contribution in [0, 0.1) is 0 Å². The highest BCUT2D eigenvalue weighted by molar-refractivity contribution is 5.98. The highest BCUT2D eigenvalue weighted by Gasteiger charge is 2.54. The number of ether oxygens (including phenoxy) is 3. The molecule has 10 heteroatoms. The van der Waals surface area contributed by atoms with Crippen LogP contribution in [-0.2, 0) is 16.0 Å². The zero-order chi connectivity index (χ0) is 30.4. The van der Waals surface area contributed by atoms with E-state index in [2.05, 4.69) is 10.2 Å². The molecule has 43 heavy (non-hydrogen) atoms. The number of amides is 3. The van der Waals surface area contributed by atoms with E-state index in [4.69, 9.17) is 14.2 Å². The summed E-state index contributed by atoms with van der Waals surface area (Å²) in [4.78, 5) is 46.0. The Kier molecular flexibility index (Phi) is 9.04. The molecule has 3 aromatic carbocycles. The van der Waals surface area contributed by atoms with E-state index >= 15 is 0 Å². The number of carbonyl (C=O) groups is 3. The lowest BCUT2D eigenvalue weighted by atomic mass is 9.85. The summed E-state index contributed by atoms with van der Waals surface area (Å²) >= 11 is 0. The Morgan fingerprint density at radius 1 is 0.860 bits per heavy atom. The van der Waals surface area contributed by atoms with E-state index < -0.39 is 5.54 Å². The number of piperidine rings is 1. The fraction of sp³-hybridized carbons (Fsp3) is 0.364. The average molecular weight is 587 g/mol. The summed E-state index contributed by atoms with van der Waals surface area (Å²) in [5, 5.41) is 2.95. The molecule has 0 bridgehead atoms. The maximum atomic E-state index is 14.0. The zero-order valence-electron chi connectivity index (χ0n) is 24.9. The fourth-order valence-electron chi connectivity index (χ4n) is 5.99. The third-order valence-corrected chi connectivity index (χ3v) is 8.30. The Balaban J connectivity index is 1.27. The summed E-state index contributed by atoms with van der Waals surface area (Å²) in [5.74, 6) is 1.40. The summed E-state index contributed by atoms with van der Waals surface area (Å²) in [6.45, 7) is 1.48. The Morgan fingerprint density at radius 3 is 2.16 bits per heavy atom. The molecular formula is C33H38N4O6. The van der Waals surface area contributed by atoms with Gasteiger partial charge in [0.05, 0.1) is 28.0 Å². The van der Waals surface area contributed by atoms with Crippen molar-refractivity contribution in [3.05, 3.63) is 83.9 Å². The van der Waals surface area contributed by atoms with E-state index in [0.29, 0.717) is 62.6 Å². The van der Waals surface area contributed by atoms with Gasteiger partial charge in [0.1, 0.15) is 29.3 Å². The quantitative estimate of drug-likeness (QED) is 0.389. The topological polar surface area (TPSA) is 101 Å². The molecule has 5 rings (SSSR count). The van der Waals surface area contributed by atoms with Crippen LogP contribution in [0.15, 0.2) is 72.8 Å². The third-order valence-electron chi connectivity index (χ3n) is 8.30. The summed E-state index contributed by atoms with van der Waals surface area (Å²) < 4.78 is 16.1. The highest BCUT2D eigenvalue weighted by Crippen LogP contribution is 2.40. The number of rotatable bonds is 10. The SMILES string of the molecule is COc1cc(OC)cc(C(=O)N2CCC3(CC2)C(=O)N(CC(=O)NCCc2ccccc2OC)CN3c2ccccc2)c1. The first-order valence-electron chi connectivity index (χ1n) is 14.4. The third kappa shape index (κ3) is 6.23. The molecule has 1 N–H and O–H groups in total. The van der Waals surface area contributed by atoms with Crippen molar-refractivity contribution in [2.24, 2.45) is 0 Å². The summed E-state index contributed by atoms with van der Waals surface area (Å²) in [6.07, 6.45) is 1.51. The Hall–Kier alpha value is -4.73. The molecule has 1 spiro atoms. The predicted molar refractivity (Wildman–Crippen MR) is 163 cm³/mol. The van der Waals surface area contributed by atoms with Gasteiger partial charge in [0.2, 0.25) is 5.91 Å². The van der Waals surface area contributed by atoms with Gasteiger partial charge in [-0.3, -0.25) is 14.4 Å². The maximum absolute atomic E-state index is 14.0. The van der Waals surface area contributed by atoms with E-state index in [1.807, 2.05) is 54.6 Å². The fourth-order valence-corrected chi connectivity index (χ4v) is 5.99. The normalized spacial score (nSPS) is 15.9. The second kappa shape index (κ2) is 13.1. The summed E-state index contributed by atoms with van der Waals surface area (Å²) in [7, 11) is 4.72. The molecule has 2 aliphatic rings. The first-order valence-corrected chi connectivity index (χ1v) is 14.4. The summed E-state index contributed by atoms with van der Waals surface area (Å²) in [5.41, 5.74) is 1.54. The van der Waals surface area contributed by atoms with Crippen LogP contribution in [0.25, 0.3) is 0 Å². The molecule has 2 fully saturated rings. The van der Waals surface area contributed by atoms with Crippen LogP contribution < -0.4 is 24.4 Å². The average Bonchev–Trinajstić information content (AvgIpc) is 3.31. The van der Waals surface area contributed by atoms with Crippen molar-refractivity contribution in [1.82, 2.24) is 15.1 Å². The number of anilines is 1. The molecule has 0 unspecified atom stereocenters. The molecule has 0 atom stereocenters. The minimum atomic E-state index is -0.845. The van der Waals surface area contributed by atoms with Gasteiger partial charge >= 0.3 is 0 Å². The molecule has 0 radical (unpaired) electrons. The van der Waals surface area contributed by atoms with Crippen LogP contribution in [-0.4, -0.2) is 87.2 Å². The minimum Gasteiger partial charge on any atom is -0.497 e. The molecule has 2 aliphatic heterocycles. The van der Waals surface area contributed by atoms with Gasteiger partial charge in [0.25, 0.3) is 11.8 Å². The monoisotopic (exact) mass is 586 g/mol. The van der Waals surface area contributed by atoms with Gasteiger partial charge in [0, 0.05) is 37.0 Å². The number of benzene rings is 3. The van der Waals surface area contributed by atoms with Gasteiger partial charge in [0.15, 0.2) is 0 Å². The van der Waals surface area contributed by atoms with Crippen LogP contribution in [0.5, 0.6) is 17.2 Å². The standard InChI is InChI=1S/C33H38N4O6/c1-41-27-19-25(20-28(21-27)42-2)31(39)35-17-14-33(15-18-35)32(40)36(23-37(33)26-10-5-4-6-11-26)22-30(38)34-16-13-24-9-7-8-12-29(24)43-3/h4-12,19-21H,13-18,22-23H2,1-3H3,(H,34,38). The lowest BCUT2D eigenvalue weighted by Gasteiger charge is -2.43. The smallest absolute Gasteiger partial charge is 0.254 e. The van der Waals surface area contributed by atoms with Crippen LogP contribution >= 0.6 is 0 Å². The molecule has 2 saturated heterocycles. The lowest BCUT2D eigenvalue weighted by molar-refractivity contribution is -0.137. The molecule has 0 saturated carbocycles. The second-order valence-corrected chi connectivity index (χ2v) is 10.7. The maximum Gasteiger partial charge on any atom is 0.254 e. The zero-order valence-corrected chi connectivity index (χ0v) is 24.9. The number of nitrogens with one attached hydrogen (secondary N) is 1. The van der Waals surface area contributed by atoms with Gasteiger partial charge in [-0.2, -0.15) is 0 Å². The summed E-state index contributed by atoms with van der Waals surface area (Å²) in [6, 6.07) is 22.6. The number of para-hydroxylation sites is 2. The molecule has 3 amide bonds. The van der Waals surface area contributed by atoms with Crippen LogP contribution in [0.4, 0.5) is 5.69 Å². The molecule has 2 heterocycles. The van der Waals surface area contributed by atoms with E-state index in [1.165, 1.54) is 0 Å². The van der Waals surface area contributed by atoms with E-state index in [9.17, 15) is 14.4 Å². The minimum absolute atomic E-state index is 0.0396. The number of methoxy groups -OCH3 is 3. The van der Waals surface area contributed by atoms with Crippen molar-refractivity contribution >= 4 is 23.4 Å².